The van der Waals surface area contributed by atoms with E-state index < -0.39 is 45.7 Å². The van der Waals surface area contributed by atoms with Crippen LogP contribution in [0.5, 0.6) is 0 Å². The Morgan fingerprint density at radius 2 is 1.46 bits per heavy atom. The first-order valence-electron chi connectivity index (χ1n) is 10.9. The lowest BCUT2D eigenvalue weighted by molar-refractivity contribution is -0.781. The van der Waals surface area contributed by atoms with Gasteiger partial charge in [0.15, 0.2) is 0 Å². The number of hydrogen-bond acceptors (Lipinski definition) is 4. The highest BCUT2D eigenvalue weighted by molar-refractivity contribution is 5.35. The number of halogens is 6. The maximum Gasteiger partial charge on any atom is 0.416 e. The molecule has 0 aromatic heterocycles. The predicted octanol–water partition coefficient (Wildman–Crippen LogP) is 7.28. The monoisotopic (exact) mass is 505 g/mol. The second-order valence-electron chi connectivity index (χ2n) is 9.20. The van der Waals surface area contributed by atoms with E-state index in [1.165, 1.54) is 6.92 Å². The maximum atomic E-state index is 13.3. The van der Waals surface area contributed by atoms with E-state index >= 15 is 0 Å². The molecule has 0 bridgehead atoms. The van der Waals surface area contributed by atoms with Gasteiger partial charge in [0, 0.05) is 5.41 Å². The molecular weight excluding hydrogens is 480 g/mol. The molecule has 5 nitrogen and oxygen atoms in total. The lowest BCUT2D eigenvalue weighted by Gasteiger charge is -2.44. The zero-order valence-corrected chi connectivity index (χ0v) is 19.1. The molecule has 2 aromatic carbocycles. The van der Waals surface area contributed by atoms with Crippen LogP contribution in [0.3, 0.4) is 0 Å². The van der Waals surface area contributed by atoms with Crippen LogP contribution in [0.4, 0.5) is 26.3 Å². The predicted molar refractivity (Wildman–Crippen MR) is 114 cm³/mol. The fourth-order valence-corrected chi connectivity index (χ4v) is 4.43. The first-order valence-corrected chi connectivity index (χ1v) is 10.9. The van der Waals surface area contributed by atoms with Crippen LogP contribution in [-0.2, 0) is 27.3 Å². The first kappa shape index (κ1) is 26.8. The van der Waals surface area contributed by atoms with E-state index in [-0.39, 0.29) is 18.2 Å². The van der Waals surface area contributed by atoms with Crippen LogP contribution in [0, 0.1) is 10.1 Å². The van der Waals surface area contributed by atoms with Gasteiger partial charge in [-0.05, 0) is 68.9 Å². The van der Waals surface area contributed by atoms with Crippen molar-refractivity contribution >= 4 is 0 Å². The van der Waals surface area contributed by atoms with Crippen molar-refractivity contribution in [2.75, 3.05) is 6.61 Å². The van der Waals surface area contributed by atoms with Crippen LogP contribution < -0.4 is 0 Å². The van der Waals surface area contributed by atoms with Crippen molar-refractivity contribution in [2.24, 2.45) is 0 Å². The summed E-state index contributed by atoms with van der Waals surface area (Å²) in [6.07, 6.45) is -9.49. The third kappa shape index (κ3) is 6.45. The lowest BCUT2D eigenvalue weighted by Crippen LogP contribution is -2.44. The number of benzene rings is 2. The first-order chi connectivity index (χ1) is 16.1. The van der Waals surface area contributed by atoms with Crippen molar-refractivity contribution in [3.05, 3.63) is 80.9 Å². The molecule has 0 aliphatic heterocycles. The normalized spacial score (nSPS) is 24.1. The minimum Gasteiger partial charge on any atom is -0.373 e. The molecule has 0 unspecified atom stereocenters. The molecule has 0 N–H and O–H groups in total. The van der Waals surface area contributed by atoms with Gasteiger partial charge in [-0.25, -0.2) is 0 Å². The van der Waals surface area contributed by atoms with E-state index in [1.54, 1.807) is 6.92 Å². The Kier molecular flexibility index (Phi) is 7.40. The van der Waals surface area contributed by atoms with Gasteiger partial charge >= 0.3 is 12.4 Å². The molecule has 1 aliphatic rings. The van der Waals surface area contributed by atoms with Gasteiger partial charge in [0.25, 0.3) is 5.09 Å². The van der Waals surface area contributed by atoms with Crippen molar-refractivity contribution in [2.45, 2.75) is 69.0 Å². The molecular formula is C24H25F6NO4. The third-order valence-corrected chi connectivity index (χ3v) is 6.63. The van der Waals surface area contributed by atoms with Crippen LogP contribution in [0.2, 0.25) is 0 Å². The average molecular weight is 505 g/mol. The summed E-state index contributed by atoms with van der Waals surface area (Å²) >= 11 is 0. The van der Waals surface area contributed by atoms with Gasteiger partial charge in [-0.2, -0.15) is 26.3 Å². The van der Waals surface area contributed by atoms with Crippen LogP contribution in [0.1, 0.15) is 67.9 Å². The van der Waals surface area contributed by atoms with Crippen LogP contribution in [-0.4, -0.2) is 17.3 Å². The second kappa shape index (κ2) is 9.67. The lowest BCUT2D eigenvalue weighted by atomic mass is 9.66. The van der Waals surface area contributed by atoms with E-state index in [4.69, 9.17) is 9.57 Å². The molecule has 0 saturated heterocycles. The summed E-state index contributed by atoms with van der Waals surface area (Å²) in [6.45, 7) is 3.04. The smallest absolute Gasteiger partial charge is 0.373 e. The number of nitrogens with zero attached hydrogens (tertiary/aromatic N) is 1. The highest BCUT2D eigenvalue weighted by Crippen LogP contribution is 2.46. The van der Waals surface area contributed by atoms with Crippen LogP contribution >= 0.6 is 0 Å². The molecule has 2 aromatic rings. The topological polar surface area (TPSA) is 61.6 Å². The summed E-state index contributed by atoms with van der Waals surface area (Å²) in [4.78, 5) is 15.7. The summed E-state index contributed by atoms with van der Waals surface area (Å²) < 4.78 is 85.4. The molecule has 35 heavy (non-hydrogen) atoms. The highest BCUT2D eigenvalue weighted by atomic mass is 19.4. The highest BCUT2D eigenvalue weighted by Gasteiger charge is 2.44. The molecule has 0 amide bonds. The summed E-state index contributed by atoms with van der Waals surface area (Å²) in [5.74, 6) is 0. The van der Waals surface area contributed by atoms with Crippen molar-refractivity contribution in [3.63, 3.8) is 0 Å². The van der Waals surface area contributed by atoms with E-state index in [0.29, 0.717) is 37.8 Å². The van der Waals surface area contributed by atoms with Gasteiger partial charge < -0.3 is 9.57 Å². The van der Waals surface area contributed by atoms with E-state index in [2.05, 4.69) is 0 Å². The Bertz CT molecular complexity index is 998. The van der Waals surface area contributed by atoms with Crippen LogP contribution in [0.25, 0.3) is 0 Å². The molecule has 3 rings (SSSR count). The van der Waals surface area contributed by atoms with E-state index in [9.17, 15) is 36.5 Å². The molecule has 1 fully saturated rings. The third-order valence-electron chi connectivity index (χ3n) is 6.63. The summed E-state index contributed by atoms with van der Waals surface area (Å²) in [5.41, 5.74) is -3.80. The molecule has 192 valence electrons. The van der Waals surface area contributed by atoms with Crippen LogP contribution in [0.15, 0.2) is 48.5 Å². The molecule has 1 atom stereocenters. The average Bonchev–Trinajstić information content (AvgIpc) is 2.77. The van der Waals surface area contributed by atoms with Crippen molar-refractivity contribution < 1.29 is 41.0 Å². The number of alkyl halides is 6. The zero-order valence-electron chi connectivity index (χ0n) is 19.1. The quantitative estimate of drug-likeness (QED) is 0.225. The minimum atomic E-state index is -4.95. The maximum absolute atomic E-state index is 13.3. The van der Waals surface area contributed by atoms with Crippen molar-refractivity contribution in [1.29, 1.82) is 0 Å². The number of rotatable bonds is 7. The minimum absolute atomic E-state index is 0.00429. The van der Waals surface area contributed by atoms with Crippen molar-refractivity contribution in [1.82, 2.24) is 0 Å². The molecule has 1 saturated carbocycles. The van der Waals surface area contributed by atoms with Gasteiger partial charge in [0.1, 0.15) is 5.60 Å². The molecule has 0 heterocycles. The molecule has 0 spiro atoms. The fourth-order valence-electron chi connectivity index (χ4n) is 4.43. The summed E-state index contributed by atoms with van der Waals surface area (Å²) in [5, 5.41) is 10.0. The SMILES string of the molecule is C[C@@H](OC[C@]1(c2ccccc2)CC[C@](C)(O[N+](=O)[O-])CC1)c1cc(C(F)(F)F)cc(C(F)(F)F)c1. The Labute approximate surface area is 198 Å². The number of hydrogen-bond donors (Lipinski definition) is 0. The van der Waals surface area contributed by atoms with Gasteiger partial charge in [-0.1, -0.05) is 30.3 Å². The Morgan fingerprint density at radius 1 is 0.943 bits per heavy atom. The van der Waals surface area contributed by atoms with Gasteiger partial charge in [0.05, 0.1) is 23.8 Å². The van der Waals surface area contributed by atoms with Gasteiger partial charge in [-0.15, -0.1) is 10.1 Å². The summed E-state index contributed by atoms with van der Waals surface area (Å²) in [6, 6.07) is 10.6. The standard InChI is InChI=1S/C24H25F6NO4/c1-16(17-12-19(23(25,26)27)14-20(13-17)24(28,29)30)34-15-22(18-6-4-3-5-7-18)10-8-21(2,9-11-22)35-31(32)33/h3-7,12-14,16H,8-11,15H2,1-2H3/t16-,21-,22-/m1/s1. The Hall–Kier alpha value is -2.82. The van der Waals surface area contributed by atoms with Gasteiger partial charge in [-0.3, -0.25) is 0 Å². The Morgan fingerprint density at radius 3 is 1.91 bits per heavy atom. The molecule has 11 heteroatoms. The second-order valence-corrected chi connectivity index (χ2v) is 9.20. The number of ether oxygens (including phenoxy) is 1. The fraction of sp³-hybridized carbons (Fsp3) is 0.500. The Balaban J connectivity index is 1.87. The zero-order chi connectivity index (χ0) is 26.1. The van der Waals surface area contributed by atoms with Crippen molar-refractivity contribution in [3.8, 4) is 0 Å². The summed E-state index contributed by atoms with van der Waals surface area (Å²) in [7, 11) is 0. The van der Waals surface area contributed by atoms with E-state index in [1.807, 2.05) is 30.3 Å². The van der Waals surface area contributed by atoms with Gasteiger partial charge in [0.2, 0.25) is 0 Å². The van der Waals surface area contributed by atoms with E-state index in [0.717, 1.165) is 5.56 Å². The molecule has 1 aliphatic carbocycles. The molecule has 0 radical (unpaired) electrons. The largest absolute Gasteiger partial charge is 0.416 e.